The third-order valence-corrected chi connectivity index (χ3v) is 1.38. The number of aldehydes is 2. The molecule has 0 rings (SSSR count). The third-order valence-electron chi connectivity index (χ3n) is 1.38. The van der Waals surface area contributed by atoms with Crippen molar-refractivity contribution in [2.45, 2.75) is 0 Å². The van der Waals surface area contributed by atoms with Gasteiger partial charge in [-0.15, -0.1) is 0 Å². The maximum atomic E-state index is 10.7. The van der Waals surface area contributed by atoms with Crippen molar-refractivity contribution in [2.75, 3.05) is 28.2 Å². The van der Waals surface area contributed by atoms with E-state index in [2.05, 4.69) is 0 Å². The minimum absolute atomic E-state index is 0.374. The van der Waals surface area contributed by atoms with Gasteiger partial charge in [-0.25, -0.2) is 0 Å². The highest BCUT2D eigenvalue weighted by Crippen LogP contribution is 2.05. The zero-order valence-electron chi connectivity index (χ0n) is 9.02. The first-order chi connectivity index (χ1) is 6.51. The first kappa shape index (κ1) is 12.4. The van der Waals surface area contributed by atoms with E-state index in [9.17, 15) is 9.59 Å². The molecule has 14 heavy (non-hydrogen) atoms. The van der Waals surface area contributed by atoms with Crippen LogP contribution in [0.2, 0.25) is 0 Å². The molecule has 0 aromatic rings. The highest BCUT2D eigenvalue weighted by Gasteiger charge is 2.03. The number of hydrogen-bond donors (Lipinski definition) is 0. The van der Waals surface area contributed by atoms with Gasteiger partial charge in [-0.05, 0) is 0 Å². The Bertz CT molecular complexity index is 237. The minimum atomic E-state index is 0.374. The SMILES string of the molecule is CN(C)/C=C(C=O)/C(C=O)=C/N(C)C. The summed E-state index contributed by atoms with van der Waals surface area (Å²) in [5, 5.41) is 0. The van der Waals surface area contributed by atoms with E-state index in [1.54, 1.807) is 50.4 Å². The fourth-order valence-corrected chi connectivity index (χ4v) is 0.902. The topological polar surface area (TPSA) is 40.6 Å². The molecule has 0 spiro atoms. The molecule has 4 nitrogen and oxygen atoms in total. The highest BCUT2D eigenvalue weighted by atomic mass is 16.1. The van der Waals surface area contributed by atoms with Crippen LogP contribution >= 0.6 is 0 Å². The molecule has 4 heteroatoms. The Labute approximate surface area is 84.5 Å². The van der Waals surface area contributed by atoms with Crippen LogP contribution in [0, 0.1) is 0 Å². The highest BCUT2D eigenvalue weighted by molar-refractivity contribution is 5.94. The number of allylic oxidation sites excluding steroid dienone is 2. The molecule has 0 aromatic carbocycles. The van der Waals surface area contributed by atoms with E-state index in [1.807, 2.05) is 0 Å². The maximum Gasteiger partial charge on any atom is 0.152 e. The molecule has 0 saturated heterocycles. The fourth-order valence-electron chi connectivity index (χ4n) is 0.902. The summed E-state index contributed by atoms with van der Waals surface area (Å²) in [4.78, 5) is 24.9. The lowest BCUT2D eigenvalue weighted by Crippen LogP contribution is -2.09. The van der Waals surface area contributed by atoms with Gasteiger partial charge in [0.2, 0.25) is 0 Å². The van der Waals surface area contributed by atoms with Gasteiger partial charge in [0, 0.05) is 51.7 Å². The predicted octanol–water partition coefficient (Wildman–Crippen LogP) is 0.275. The van der Waals surface area contributed by atoms with Crippen LogP contribution < -0.4 is 0 Å². The monoisotopic (exact) mass is 196 g/mol. The largest absolute Gasteiger partial charge is 0.383 e. The molecule has 0 aliphatic rings. The van der Waals surface area contributed by atoms with Crippen molar-refractivity contribution >= 4 is 12.6 Å². The zero-order valence-corrected chi connectivity index (χ0v) is 9.02. The van der Waals surface area contributed by atoms with Crippen molar-refractivity contribution < 1.29 is 9.59 Å². The lowest BCUT2D eigenvalue weighted by Gasteiger charge is -2.09. The fraction of sp³-hybridized carbons (Fsp3) is 0.400. The molecular weight excluding hydrogens is 180 g/mol. The van der Waals surface area contributed by atoms with E-state index in [0.717, 1.165) is 0 Å². The minimum Gasteiger partial charge on any atom is -0.383 e. The normalized spacial score (nSPS) is 12.3. The van der Waals surface area contributed by atoms with Crippen LogP contribution in [-0.2, 0) is 9.59 Å². The van der Waals surface area contributed by atoms with Gasteiger partial charge in [0.25, 0.3) is 0 Å². The molecule has 0 aliphatic carbocycles. The Balaban J connectivity index is 4.98. The van der Waals surface area contributed by atoms with Gasteiger partial charge >= 0.3 is 0 Å². The van der Waals surface area contributed by atoms with E-state index < -0.39 is 0 Å². The van der Waals surface area contributed by atoms with Crippen molar-refractivity contribution in [1.82, 2.24) is 9.80 Å². The summed E-state index contributed by atoms with van der Waals surface area (Å²) >= 11 is 0. The Morgan fingerprint density at radius 3 is 1.21 bits per heavy atom. The van der Waals surface area contributed by atoms with Crippen LogP contribution in [0.1, 0.15) is 0 Å². The quantitative estimate of drug-likeness (QED) is 0.359. The predicted molar refractivity (Wildman–Crippen MR) is 55.7 cm³/mol. The van der Waals surface area contributed by atoms with Gasteiger partial charge in [-0.1, -0.05) is 0 Å². The molecule has 0 amide bonds. The first-order valence-electron chi connectivity index (χ1n) is 4.18. The first-order valence-corrected chi connectivity index (χ1v) is 4.18. The lowest BCUT2D eigenvalue weighted by molar-refractivity contribution is -0.107. The number of nitrogens with zero attached hydrogens (tertiary/aromatic N) is 2. The molecule has 0 fully saturated rings. The molecule has 78 valence electrons. The molecular formula is C10H16N2O2. The molecule has 0 saturated carbocycles. The average molecular weight is 196 g/mol. The Hall–Kier alpha value is -1.58. The summed E-state index contributed by atoms with van der Waals surface area (Å²) in [7, 11) is 7.17. The third kappa shape index (κ3) is 4.45. The van der Waals surface area contributed by atoms with E-state index in [4.69, 9.17) is 0 Å². The molecule has 0 atom stereocenters. The summed E-state index contributed by atoms with van der Waals surface area (Å²) in [5.74, 6) is 0. The van der Waals surface area contributed by atoms with Crippen molar-refractivity contribution in [1.29, 1.82) is 0 Å². The van der Waals surface area contributed by atoms with Crippen molar-refractivity contribution in [3.05, 3.63) is 23.5 Å². The number of rotatable bonds is 5. The summed E-state index contributed by atoms with van der Waals surface area (Å²) in [6, 6.07) is 0. The average Bonchev–Trinajstić information content (AvgIpc) is 2.10. The standard InChI is InChI=1S/C10H16N2O2/c1-11(2)5-9(7-13)10(8-14)6-12(3)4/h5-8H,1-4H3/b9-5+,10-6+. The van der Waals surface area contributed by atoms with Gasteiger partial charge in [0.15, 0.2) is 12.6 Å². The van der Waals surface area contributed by atoms with Crippen LogP contribution in [0.3, 0.4) is 0 Å². The van der Waals surface area contributed by atoms with Crippen molar-refractivity contribution in [3.63, 3.8) is 0 Å². The van der Waals surface area contributed by atoms with Gasteiger partial charge < -0.3 is 9.80 Å². The van der Waals surface area contributed by atoms with E-state index in [1.165, 1.54) is 0 Å². The Morgan fingerprint density at radius 1 is 0.786 bits per heavy atom. The van der Waals surface area contributed by atoms with Crippen LogP contribution in [0.25, 0.3) is 0 Å². The molecule has 0 N–H and O–H groups in total. The summed E-state index contributed by atoms with van der Waals surface area (Å²) in [6.45, 7) is 0. The summed E-state index contributed by atoms with van der Waals surface area (Å²) in [5.41, 5.74) is 0.748. The molecule has 0 aromatic heterocycles. The van der Waals surface area contributed by atoms with E-state index in [-0.39, 0.29) is 0 Å². The van der Waals surface area contributed by atoms with Crippen LogP contribution in [0.15, 0.2) is 23.5 Å². The summed E-state index contributed by atoms with van der Waals surface area (Å²) < 4.78 is 0. The molecule has 0 heterocycles. The Kier molecular flexibility index (Phi) is 5.29. The van der Waals surface area contributed by atoms with Crippen LogP contribution in [-0.4, -0.2) is 50.6 Å². The molecule has 0 radical (unpaired) electrons. The lowest BCUT2D eigenvalue weighted by atomic mass is 10.1. The molecule has 0 aliphatic heterocycles. The number of carbonyl (C=O) groups is 2. The second kappa shape index (κ2) is 5.96. The molecule has 0 bridgehead atoms. The number of hydrogen-bond acceptors (Lipinski definition) is 4. The van der Waals surface area contributed by atoms with Crippen molar-refractivity contribution in [2.24, 2.45) is 0 Å². The second-order valence-electron chi connectivity index (χ2n) is 3.33. The molecule has 0 unspecified atom stereocenters. The van der Waals surface area contributed by atoms with Gasteiger partial charge in [0.05, 0.1) is 0 Å². The maximum absolute atomic E-state index is 10.7. The smallest absolute Gasteiger partial charge is 0.152 e. The van der Waals surface area contributed by atoms with Crippen LogP contribution in [0.4, 0.5) is 0 Å². The van der Waals surface area contributed by atoms with Crippen molar-refractivity contribution in [3.8, 4) is 0 Å². The summed E-state index contributed by atoms with van der Waals surface area (Å²) in [6.07, 6.45) is 4.56. The van der Waals surface area contributed by atoms with Gasteiger partial charge in [0.1, 0.15) is 0 Å². The van der Waals surface area contributed by atoms with Gasteiger partial charge in [-0.2, -0.15) is 0 Å². The van der Waals surface area contributed by atoms with E-state index >= 15 is 0 Å². The Morgan fingerprint density at radius 2 is 1.07 bits per heavy atom. The van der Waals surface area contributed by atoms with Crippen LogP contribution in [0.5, 0.6) is 0 Å². The zero-order chi connectivity index (χ0) is 11.1. The van der Waals surface area contributed by atoms with Gasteiger partial charge in [-0.3, -0.25) is 9.59 Å². The number of carbonyl (C=O) groups excluding carboxylic acids is 2. The van der Waals surface area contributed by atoms with E-state index in [0.29, 0.717) is 23.7 Å². The second-order valence-corrected chi connectivity index (χ2v) is 3.33.